The van der Waals surface area contributed by atoms with Crippen LogP contribution >= 0.6 is 7.82 Å². The van der Waals surface area contributed by atoms with E-state index in [4.69, 9.17) is 18.5 Å². The van der Waals surface area contributed by atoms with Crippen LogP contribution in [0.1, 0.15) is 348 Å². The molecule has 0 amide bonds. The third-order valence-corrected chi connectivity index (χ3v) is 17.2. The van der Waals surface area contributed by atoms with Gasteiger partial charge in [0.05, 0.1) is 27.7 Å². The van der Waals surface area contributed by atoms with Crippen molar-refractivity contribution in [3.05, 3.63) is 72.9 Å². The maximum atomic E-state index is 12.9. The second-order valence-electron chi connectivity index (χ2n) is 25.9. The molecule has 0 aliphatic rings. The number of rotatable bonds is 68. The number of hydrogen-bond acceptors (Lipinski definition) is 8. The molecule has 9 nitrogen and oxygen atoms in total. The minimum absolute atomic E-state index is 0.0322. The molecule has 0 radical (unpaired) electrons. The SMILES string of the molecule is CC/C=C\C/C=C\C/C=C\C/C=C\CCCCCCCCCCCCC(=O)OC(COC(=O)CCCCCCCCCCCCCCCCCCCCCCCCCCCCC/C=C\C/C=C\CCCCCCC)COP(=O)([O-])OCC[N+](C)(C)C. The number of hydrogen-bond donors (Lipinski definition) is 0. The van der Waals surface area contributed by atoms with Crippen molar-refractivity contribution < 1.29 is 42.1 Å². The Balaban J connectivity index is 3.92. The Kier molecular flexibility index (Phi) is 64.9. The first-order valence-electron chi connectivity index (χ1n) is 36.6. The highest BCUT2D eigenvalue weighted by atomic mass is 31.2. The Morgan fingerprint density at radius 1 is 0.372 bits per heavy atom. The zero-order valence-corrected chi connectivity index (χ0v) is 58.2. The molecule has 0 saturated heterocycles. The summed E-state index contributed by atoms with van der Waals surface area (Å²) in [4.78, 5) is 38.1. The second kappa shape index (κ2) is 66.9. The fourth-order valence-electron chi connectivity index (χ4n) is 10.6. The third kappa shape index (κ3) is 70.5. The second-order valence-corrected chi connectivity index (χ2v) is 27.3. The van der Waals surface area contributed by atoms with E-state index < -0.39 is 26.5 Å². The smallest absolute Gasteiger partial charge is 0.306 e. The zero-order chi connectivity index (χ0) is 62.6. The van der Waals surface area contributed by atoms with Gasteiger partial charge in [-0.3, -0.25) is 14.2 Å². The molecule has 0 bridgehead atoms. The minimum Gasteiger partial charge on any atom is -0.756 e. The van der Waals surface area contributed by atoms with Gasteiger partial charge in [-0.2, -0.15) is 0 Å². The van der Waals surface area contributed by atoms with E-state index in [1.165, 1.54) is 238 Å². The average Bonchev–Trinajstić information content (AvgIpc) is 3.56. The van der Waals surface area contributed by atoms with Crippen LogP contribution in [0.3, 0.4) is 0 Å². The standard InChI is InChI=1S/C76H140NO8P/c1-6-8-10-12-14-16-18-20-22-24-26-28-30-31-32-33-34-35-36-37-38-39-40-41-42-43-44-45-47-48-50-52-54-56-58-60-62-64-66-68-75(78)82-72-74(73-84-86(80,81)83-71-70-77(3,4)5)85-76(79)69-67-65-63-61-59-57-55-53-51-49-46-29-27-25-23-21-19-17-15-13-11-9-7-2/h9,11,15,17-18,20-21,23-24,26-27,29,74H,6-8,10,12-14,16,19,22,25,28,30-73H2,1-5H3/b11-9-,17-15-,20-18-,23-21-,26-24-,29-27-. The van der Waals surface area contributed by atoms with Gasteiger partial charge in [0.2, 0.25) is 0 Å². The fraction of sp³-hybridized carbons (Fsp3) is 0.816. The predicted molar refractivity (Wildman–Crippen MR) is 370 cm³/mol. The number of carbonyl (C=O) groups excluding carboxylic acids is 2. The molecule has 0 aromatic rings. The van der Waals surface area contributed by atoms with Gasteiger partial charge in [-0.1, -0.05) is 324 Å². The van der Waals surface area contributed by atoms with Crippen LogP contribution in [-0.2, 0) is 32.7 Å². The molecule has 0 fully saturated rings. The van der Waals surface area contributed by atoms with Gasteiger partial charge in [-0.05, 0) is 83.5 Å². The first-order valence-corrected chi connectivity index (χ1v) is 38.1. The van der Waals surface area contributed by atoms with E-state index in [0.29, 0.717) is 17.4 Å². The number of allylic oxidation sites excluding steroid dienone is 12. The molecule has 0 saturated carbocycles. The molecule has 2 unspecified atom stereocenters. The molecule has 10 heteroatoms. The van der Waals surface area contributed by atoms with Gasteiger partial charge in [0.25, 0.3) is 7.82 Å². The molecule has 0 N–H and O–H groups in total. The van der Waals surface area contributed by atoms with Crippen LogP contribution in [0.2, 0.25) is 0 Å². The summed E-state index contributed by atoms with van der Waals surface area (Å²) in [6.45, 7) is 4.16. The Morgan fingerprint density at radius 3 is 0.988 bits per heavy atom. The van der Waals surface area contributed by atoms with E-state index in [2.05, 4.69) is 86.8 Å². The first kappa shape index (κ1) is 83.5. The molecule has 0 aromatic carbocycles. The normalized spacial score (nSPS) is 13.5. The van der Waals surface area contributed by atoms with E-state index in [-0.39, 0.29) is 32.0 Å². The van der Waals surface area contributed by atoms with Crippen LogP contribution in [0.4, 0.5) is 0 Å². The molecule has 0 heterocycles. The lowest BCUT2D eigenvalue weighted by Gasteiger charge is -2.28. The van der Waals surface area contributed by atoms with E-state index in [1.54, 1.807) is 0 Å². The van der Waals surface area contributed by atoms with Gasteiger partial charge >= 0.3 is 11.9 Å². The van der Waals surface area contributed by atoms with E-state index >= 15 is 0 Å². The van der Waals surface area contributed by atoms with Crippen LogP contribution in [0.15, 0.2) is 72.9 Å². The van der Waals surface area contributed by atoms with Crippen molar-refractivity contribution in [2.75, 3.05) is 47.5 Å². The Labute approximate surface area is 533 Å². The maximum Gasteiger partial charge on any atom is 0.306 e. The predicted octanol–water partition coefficient (Wildman–Crippen LogP) is 23.3. The van der Waals surface area contributed by atoms with Gasteiger partial charge in [-0.15, -0.1) is 0 Å². The summed E-state index contributed by atoms with van der Waals surface area (Å²) in [5.41, 5.74) is 0. The van der Waals surface area contributed by atoms with Crippen molar-refractivity contribution in [3.63, 3.8) is 0 Å². The van der Waals surface area contributed by atoms with Crippen molar-refractivity contribution in [1.82, 2.24) is 0 Å². The summed E-state index contributed by atoms with van der Waals surface area (Å²) in [7, 11) is 1.17. The molecule has 0 aliphatic heterocycles. The zero-order valence-electron chi connectivity index (χ0n) is 57.3. The molecule has 502 valence electrons. The Bertz CT molecular complexity index is 1680. The monoisotopic (exact) mass is 1230 g/mol. The number of phosphoric ester groups is 1. The summed E-state index contributed by atoms with van der Waals surface area (Å²) in [5.74, 6) is -0.825. The average molecular weight is 1230 g/mol. The molecule has 86 heavy (non-hydrogen) atoms. The van der Waals surface area contributed by atoms with Gasteiger partial charge < -0.3 is 27.9 Å². The lowest BCUT2D eigenvalue weighted by molar-refractivity contribution is -0.870. The summed E-state index contributed by atoms with van der Waals surface area (Å²) in [6.07, 6.45) is 90.1. The molecule has 0 aromatic heterocycles. The van der Waals surface area contributed by atoms with Crippen LogP contribution in [0, 0.1) is 0 Å². The van der Waals surface area contributed by atoms with Crippen molar-refractivity contribution in [3.8, 4) is 0 Å². The lowest BCUT2D eigenvalue weighted by Crippen LogP contribution is -2.37. The van der Waals surface area contributed by atoms with Crippen LogP contribution < -0.4 is 4.89 Å². The fourth-order valence-corrected chi connectivity index (χ4v) is 11.4. The van der Waals surface area contributed by atoms with E-state index in [0.717, 1.165) is 77.0 Å². The van der Waals surface area contributed by atoms with Crippen LogP contribution in [0.25, 0.3) is 0 Å². The summed E-state index contributed by atoms with van der Waals surface area (Å²) in [6, 6.07) is 0. The molecule has 0 rings (SSSR count). The number of nitrogens with zero attached hydrogens (tertiary/aromatic N) is 1. The molecular formula is C76H140NO8P. The van der Waals surface area contributed by atoms with Crippen molar-refractivity contribution >= 4 is 19.8 Å². The van der Waals surface area contributed by atoms with Crippen molar-refractivity contribution in [2.45, 2.75) is 354 Å². The number of unbranched alkanes of at least 4 members (excludes halogenated alkanes) is 42. The van der Waals surface area contributed by atoms with E-state index in [1.807, 2.05) is 21.1 Å². The summed E-state index contributed by atoms with van der Waals surface area (Å²) >= 11 is 0. The van der Waals surface area contributed by atoms with Gasteiger partial charge in [0.1, 0.15) is 19.8 Å². The van der Waals surface area contributed by atoms with Crippen molar-refractivity contribution in [2.24, 2.45) is 0 Å². The van der Waals surface area contributed by atoms with Gasteiger partial charge in [0.15, 0.2) is 6.10 Å². The summed E-state index contributed by atoms with van der Waals surface area (Å²) in [5, 5.41) is 0. The highest BCUT2D eigenvalue weighted by Crippen LogP contribution is 2.38. The third-order valence-electron chi connectivity index (χ3n) is 16.2. The largest absolute Gasteiger partial charge is 0.756 e. The molecule has 2 atom stereocenters. The number of ether oxygens (including phenoxy) is 2. The Hall–Kier alpha value is -2.55. The number of quaternary nitrogens is 1. The number of likely N-dealkylation sites (N-methyl/N-ethyl adjacent to an activating group) is 1. The van der Waals surface area contributed by atoms with Crippen LogP contribution in [-0.4, -0.2) is 70.0 Å². The molecule has 0 aliphatic carbocycles. The number of carbonyl (C=O) groups is 2. The first-order chi connectivity index (χ1) is 42.0. The van der Waals surface area contributed by atoms with Gasteiger partial charge in [-0.25, -0.2) is 0 Å². The minimum atomic E-state index is -4.64. The highest BCUT2D eigenvalue weighted by Gasteiger charge is 2.22. The lowest BCUT2D eigenvalue weighted by atomic mass is 10.0. The van der Waals surface area contributed by atoms with Gasteiger partial charge in [0, 0.05) is 12.8 Å². The Morgan fingerprint density at radius 2 is 0.663 bits per heavy atom. The molecular weight excluding hydrogens is 1090 g/mol. The quantitative estimate of drug-likeness (QED) is 0.0195. The molecule has 0 spiro atoms. The highest BCUT2D eigenvalue weighted by molar-refractivity contribution is 7.45. The topological polar surface area (TPSA) is 111 Å². The number of esters is 2. The van der Waals surface area contributed by atoms with Crippen molar-refractivity contribution in [1.29, 1.82) is 0 Å². The summed E-state index contributed by atoms with van der Waals surface area (Å²) < 4.78 is 34.3. The van der Waals surface area contributed by atoms with Crippen LogP contribution in [0.5, 0.6) is 0 Å². The maximum absolute atomic E-state index is 12.9. The van der Waals surface area contributed by atoms with E-state index in [9.17, 15) is 19.0 Å². The number of phosphoric acid groups is 1.